The second-order valence-electron chi connectivity index (χ2n) is 7.38. The van der Waals surface area contributed by atoms with Crippen LogP contribution in [0.4, 0.5) is 4.79 Å². The summed E-state index contributed by atoms with van der Waals surface area (Å²) < 4.78 is 11.3. The molecule has 1 aromatic rings. The molecule has 2 heterocycles. The second-order valence-corrected chi connectivity index (χ2v) is 7.38. The molecule has 1 fully saturated rings. The van der Waals surface area contributed by atoms with Gasteiger partial charge in [-0.1, -0.05) is 24.3 Å². The van der Waals surface area contributed by atoms with Crippen LogP contribution in [-0.4, -0.2) is 39.9 Å². The third kappa shape index (κ3) is 4.59. The van der Waals surface area contributed by atoms with E-state index < -0.39 is 5.60 Å². The van der Waals surface area contributed by atoms with Crippen LogP contribution in [0.5, 0.6) is 0 Å². The highest BCUT2D eigenvalue weighted by molar-refractivity contribution is 5.70. The van der Waals surface area contributed by atoms with E-state index in [0.29, 0.717) is 24.9 Å². The van der Waals surface area contributed by atoms with Crippen LogP contribution in [0.25, 0.3) is 5.57 Å². The van der Waals surface area contributed by atoms with E-state index in [1.165, 1.54) is 0 Å². The summed E-state index contributed by atoms with van der Waals surface area (Å²) in [6, 6.07) is 0. The number of aromatic nitrogens is 2. The van der Waals surface area contributed by atoms with E-state index in [9.17, 15) is 4.79 Å². The molecule has 1 amide bonds. The van der Waals surface area contributed by atoms with Crippen molar-refractivity contribution in [1.82, 2.24) is 15.1 Å². The lowest BCUT2D eigenvalue weighted by atomic mass is 9.97. The Balaban J connectivity index is 1.59. The first-order valence-electron chi connectivity index (χ1n) is 8.77. The average Bonchev–Trinajstić information content (AvgIpc) is 2.89. The van der Waals surface area contributed by atoms with Crippen LogP contribution < -0.4 is 0 Å². The molecule has 3 rings (SSSR count). The fourth-order valence-electron chi connectivity index (χ4n) is 2.87. The normalized spacial score (nSPS) is 18.8. The van der Waals surface area contributed by atoms with Crippen molar-refractivity contribution in [3.63, 3.8) is 0 Å². The predicted octanol–water partition coefficient (Wildman–Crippen LogP) is 4.08. The lowest BCUT2D eigenvalue weighted by Crippen LogP contribution is -2.41. The van der Waals surface area contributed by atoms with Crippen molar-refractivity contribution < 1.29 is 13.9 Å². The fourth-order valence-corrected chi connectivity index (χ4v) is 2.87. The Morgan fingerprint density at radius 1 is 1.24 bits per heavy atom. The molecule has 1 aliphatic carbocycles. The van der Waals surface area contributed by atoms with E-state index in [1.54, 1.807) is 4.90 Å². The highest BCUT2D eigenvalue weighted by Crippen LogP contribution is 2.29. The first-order valence-corrected chi connectivity index (χ1v) is 8.77. The van der Waals surface area contributed by atoms with Crippen molar-refractivity contribution >= 4 is 11.7 Å². The number of carbonyl (C=O) groups excluding carboxylic acids is 1. The number of piperidine rings is 1. The Morgan fingerprint density at radius 2 is 2.00 bits per heavy atom. The van der Waals surface area contributed by atoms with E-state index in [-0.39, 0.29) is 12.0 Å². The lowest BCUT2D eigenvalue weighted by Gasteiger charge is -2.32. The van der Waals surface area contributed by atoms with Gasteiger partial charge in [-0.25, -0.2) is 4.79 Å². The zero-order valence-corrected chi connectivity index (χ0v) is 15.1. The number of amides is 1. The van der Waals surface area contributed by atoms with Gasteiger partial charge < -0.3 is 14.1 Å². The Bertz CT molecular complexity index is 702. The summed E-state index contributed by atoms with van der Waals surface area (Å²) in [6.07, 6.45) is 12.4. The number of ether oxygens (including phenoxy) is 1. The molecule has 0 spiro atoms. The lowest BCUT2D eigenvalue weighted by molar-refractivity contribution is 0.0199. The maximum Gasteiger partial charge on any atom is 0.410 e. The van der Waals surface area contributed by atoms with E-state index in [2.05, 4.69) is 22.3 Å². The molecule has 0 bridgehead atoms. The van der Waals surface area contributed by atoms with E-state index in [0.717, 1.165) is 24.8 Å². The van der Waals surface area contributed by atoms with Gasteiger partial charge >= 0.3 is 6.09 Å². The molecule has 0 unspecified atom stereocenters. The third-order valence-corrected chi connectivity index (χ3v) is 4.16. The first kappa shape index (κ1) is 17.5. The molecule has 134 valence electrons. The largest absolute Gasteiger partial charge is 0.444 e. The summed E-state index contributed by atoms with van der Waals surface area (Å²) in [5.41, 5.74) is 0.461. The van der Waals surface area contributed by atoms with Gasteiger partial charge in [-0.3, -0.25) is 0 Å². The Kier molecular flexibility index (Phi) is 5.06. The van der Waals surface area contributed by atoms with Crippen molar-refractivity contribution in [2.24, 2.45) is 0 Å². The summed E-state index contributed by atoms with van der Waals surface area (Å²) >= 11 is 0. The fraction of sp³-hybridized carbons (Fsp3) is 0.526. The van der Waals surface area contributed by atoms with Gasteiger partial charge in [0.25, 0.3) is 0 Å². The molecule has 1 aliphatic heterocycles. The summed E-state index contributed by atoms with van der Waals surface area (Å²) in [4.78, 5) is 13.9. The first-order chi connectivity index (χ1) is 11.9. The van der Waals surface area contributed by atoms with Gasteiger partial charge in [0.15, 0.2) is 0 Å². The maximum atomic E-state index is 12.1. The molecule has 0 saturated carbocycles. The van der Waals surface area contributed by atoms with Gasteiger partial charge in [0.2, 0.25) is 11.8 Å². The molecule has 0 aromatic carbocycles. The molecule has 0 radical (unpaired) electrons. The molecule has 1 saturated heterocycles. The van der Waals surface area contributed by atoms with Gasteiger partial charge in [0, 0.05) is 24.6 Å². The second kappa shape index (κ2) is 7.25. The number of rotatable bonds is 2. The van der Waals surface area contributed by atoms with Crippen LogP contribution in [0.1, 0.15) is 57.7 Å². The SMILES string of the molecule is CC(C)(C)OC(=O)N1CCC(c2nnc(C3=CC=CCC=C3)o2)CC1. The van der Waals surface area contributed by atoms with Crippen molar-refractivity contribution in [3.05, 3.63) is 42.2 Å². The smallest absolute Gasteiger partial charge is 0.410 e. The van der Waals surface area contributed by atoms with Crippen molar-refractivity contribution in [3.8, 4) is 0 Å². The molecular weight excluding hydrogens is 318 g/mol. The molecular formula is C19H25N3O3. The zero-order valence-electron chi connectivity index (χ0n) is 15.1. The molecule has 6 nitrogen and oxygen atoms in total. The standard InChI is InChI=1S/C19H25N3O3/c1-19(2,3)25-18(23)22-12-10-15(11-13-22)17-21-20-16(24-17)14-8-6-4-5-7-9-14/h4,6-9,15H,5,10-13H2,1-3H3. The average molecular weight is 343 g/mol. The zero-order chi connectivity index (χ0) is 17.9. The van der Waals surface area contributed by atoms with Crippen LogP contribution in [0.3, 0.4) is 0 Å². The third-order valence-electron chi connectivity index (χ3n) is 4.16. The molecule has 0 N–H and O–H groups in total. The number of allylic oxidation sites excluding steroid dienone is 6. The van der Waals surface area contributed by atoms with E-state index in [1.807, 2.05) is 39.0 Å². The van der Waals surface area contributed by atoms with Gasteiger partial charge in [0.05, 0.1) is 0 Å². The number of likely N-dealkylation sites (tertiary alicyclic amines) is 1. The van der Waals surface area contributed by atoms with Crippen molar-refractivity contribution in [2.45, 2.75) is 51.6 Å². The molecule has 6 heteroatoms. The summed E-state index contributed by atoms with van der Waals surface area (Å²) in [5.74, 6) is 1.39. The number of nitrogens with zero attached hydrogens (tertiary/aromatic N) is 3. The minimum absolute atomic E-state index is 0.186. The van der Waals surface area contributed by atoms with Crippen molar-refractivity contribution in [2.75, 3.05) is 13.1 Å². The van der Waals surface area contributed by atoms with E-state index >= 15 is 0 Å². The monoisotopic (exact) mass is 343 g/mol. The van der Waals surface area contributed by atoms with E-state index in [4.69, 9.17) is 9.15 Å². The topological polar surface area (TPSA) is 68.5 Å². The highest BCUT2D eigenvalue weighted by Gasteiger charge is 2.30. The van der Waals surface area contributed by atoms with Gasteiger partial charge in [-0.05, 0) is 46.1 Å². The van der Waals surface area contributed by atoms with Crippen LogP contribution >= 0.6 is 0 Å². The summed E-state index contributed by atoms with van der Waals surface area (Å²) in [7, 11) is 0. The Morgan fingerprint density at radius 3 is 2.72 bits per heavy atom. The number of carbonyl (C=O) groups is 1. The minimum atomic E-state index is -0.469. The predicted molar refractivity (Wildman–Crippen MR) is 95.0 cm³/mol. The number of hydrogen-bond donors (Lipinski definition) is 0. The summed E-state index contributed by atoms with van der Waals surface area (Å²) in [6.45, 7) is 6.92. The molecule has 1 aromatic heterocycles. The van der Waals surface area contributed by atoms with Crippen LogP contribution in [-0.2, 0) is 4.74 Å². The minimum Gasteiger partial charge on any atom is -0.444 e. The Labute approximate surface area is 148 Å². The maximum absolute atomic E-state index is 12.1. The van der Waals surface area contributed by atoms with Crippen LogP contribution in [0, 0.1) is 0 Å². The number of hydrogen-bond acceptors (Lipinski definition) is 5. The van der Waals surface area contributed by atoms with Crippen LogP contribution in [0.2, 0.25) is 0 Å². The Hall–Kier alpha value is -2.37. The molecule has 2 aliphatic rings. The van der Waals surface area contributed by atoms with Crippen molar-refractivity contribution in [1.29, 1.82) is 0 Å². The molecule has 25 heavy (non-hydrogen) atoms. The highest BCUT2D eigenvalue weighted by atomic mass is 16.6. The molecule has 0 atom stereocenters. The van der Waals surface area contributed by atoms with Crippen LogP contribution in [0.15, 0.2) is 34.8 Å². The summed E-state index contributed by atoms with van der Waals surface area (Å²) in [5, 5.41) is 8.41. The van der Waals surface area contributed by atoms with Gasteiger partial charge in [0.1, 0.15) is 5.60 Å². The van der Waals surface area contributed by atoms with Gasteiger partial charge in [-0.15, -0.1) is 10.2 Å². The van der Waals surface area contributed by atoms with Gasteiger partial charge in [-0.2, -0.15) is 0 Å². The quantitative estimate of drug-likeness (QED) is 0.809.